The van der Waals surface area contributed by atoms with Crippen LogP contribution in [0.5, 0.6) is 0 Å². The molecule has 0 radical (unpaired) electrons. The molecule has 142 valence electrons. The average molecular weight is 351 g/mol. The van der Waals surface area contributed by atoms with E-state index >= 15 is 0 Å². The van der Waals surface area contributed by atoms with Crippen LogP contribution in [0.2, 0.25) is 0 Å². The summed E-state index contributed by atoms with van der Waals surface area (Å²) in [5, 5.41) is 9.19. The smallest absolute Gasteiger partial charge is 0.324 e. The maximum atomic E-state index is 11.6. The molecule has 7 heteroatoms. The summed E-state index contributed by atoms with van der Waals surface area (Å²) in [6.07, 6.45) is 9.36. The zero-order valence-corrected chi connectivity index (χ0v) is 15.6. The number of rotatable bonds is 8. The minimum absolute atomic E-state index is 0.0963. The van der Waals surface area contributed by atoms with Gasteiger partial charge >= 0.3 is 6.03 Å². The second-order valence-electron chi connectivity index (χ2n) is 7.09. The van der Waals surface area contributed by atoms with E-state index in [-0.39, 0.29) is 18.5 Å². The summed E-state index contributed by atoms with van der Waals surface area (Å²) in [5.74, 6) is 1.46. The van der Waals surface area contributed by atoms with Crippen LogP contribution < -0.4 is 16.0 Å². The maximum absolute atomic E-state index is 11.6. The van der Waals surface area contributed by atoms with Gasteiger partial charge in [0.15, 0.2) is 5.96 Å². The lowest BCUT2D eigenvalue weighted by atomic mass is 9.85. The molecule has 2 rings (SSSR count). The van der Waals surface area contributed by atoms with E-state index in [4.69, 9.17) is 0 Å². The lowest BCUT2D eigenvalue weighted by molar-refractivity contribution is -0.124. The summed E-state index contributed by atoms with van der Waals surface area (Å²) in [7, 11) is 0. The molecular weight excluding hydrogens is 318 g/mol. The predicted molar refractivity (Wildman–Crippen MR) is 99.5 cm³/mol. The zero-order chi connectivity index (χ0) is 18.1. The van der Waals surface area contributed by atoms with Gasteiger partial charge in [-0.15, -0.1) is 0 Å². The number of amides is 3. The van der Waals surface area contributed by atoms with Crippen LogP contribution >= 0.6 is 0 Å². The number of carbonyl (C=O) groups excluding carboxylic acids is 2. The van der Waals surface area contributed by atoms with Gasteiger partial charge in [0.1, 0.15) is 0 Å². The minimum atomic E-state index is -0.320. The first-order valence-electron chi connectivity index (χ1n) is 9.73. The molecule has 0 aromatic carbocycles. The number of nitrogens with zero attached hydrogens (tertiary/aromatic N) is 2. The van der Waals surface area contributed by atoms with E-state index in [9.17, 15) is 9.59 Å². The van der Waals surface area contributed by atoms with E-state index in [1.54, 1.807) is 0 Å². The SMILES string of the molecule is CCNC(=NCCN1C(=O)CNC1=O)NC(C)CCC1CCCCC1. The molecule has 1 atom stereocenters. The number of nitrogens with one attached hydrogen (secondary N) is 3. The minimum Gasteiger partial charge on any atom is -0.357 e. The number of carbonyl (C=O) groups is 2. The van der Waals surface area contributed by atoms with Crippen molar-refractivity contribution in [3.05, 3.63) is 0 Å². The van der Waals surface area contributed by atoms with Gasteiger partial charge in [-0.25, -0.2) is 4.79 Å². The zero-order valence-electron chi connectivity index (χ0n) is 15.6. The first kappa shape index (κ1) is 19.5. The quantitative estimate of drug-likeness (QED) is 0.354. The van der Waals surface area contributed by atoms with Crippen molar-refractivity contribution >= 4 is 17.9 Å². The molecule has 1 aliphatic heterocycles. The third kappa shape index (κ3) is 6.55. The Balaban J connectivity index is 1.74. The Morgan fingerprint density at radius 1 is 1.32 bits per heavy atom. The van der Waals surface area contributed by atoms with Crippen LogP contribution in [0.3, 0.4) is 0 Å². The third-order valence-electron chi connectivity index (χ3n) is 4.99. The summed E-state index contributed by atoms with van der Waals surface area (Å²) in [6.45, 7) is 5.82. The molecule has 25 heavy (non-hydrogen) atoms. The van der Waals surface area contributed by atoms with E-state index in [2.05, 4.69) is 27.9 Å². The van der Waals surface area contributed by atoms with Gasteiger partial charge in [0, 0.05) is 12.6 Å². The molecular formula is C18H33N5O2. The molecule has 3 amide bonds. The van der Waals surface area contributed by atoms with Crippen LogP contribution in [0.4, 0.5) is 4.79 Å². The molecule has 0 bridgehead atoms. The van der Waals surface area contributed by atoms with Crippen molar-refractivity contribution in [2.24, 2.45) is 10.9 Å². The topological polar surface area (TPSA) is 85.8 Å². The van der Waals surface area contributed by atoms with Crippen LogP contribution in [-0.4, -0.2) is 55.0 Å². The fourth-order valence-electron chi connectivity index (χ4n) is 3.53. The third-order valence-corrected chi connectivity index (χ3v) is 4.99. The Morgan fingerprint density at radius 2 is 2.08 bits per heavy atom. The second kappa shape index (κ2) is 10.3. The lowest BCUT2D eigenvalue weighted by Crippen LogP contribution is -2.43. The molecule has 1 heterocycles. The van der Waals surface area contributed by atoms with Gasteiger partial charge in [0.2, 0.25) is 5.91 Å². The average Bonchev–Trinajstić information content (AvgIpc) is 2.93. The highest BCUT2D eigenvalue weighted by Crippen LogP contribution is 2.27. The van der Waals surface area contributed by atoms with Crippen LogP contribution in [0.25, 0.3) is 0 Å². The highest BCUT2D eigenvalue weighted by Gasteiger charge is 2.27. The van der Waals surface area contributed by atoms with Crippen molar-refractivity contribution in [2.45, 2.75) is 64.8 Å². The highest BCUT2D eigenvalue weighted by atomic mass is 16.2. The van der Waals surface area contributed by atoms with Crippen LogP contribution in [0.1, 0.15) is 58.8 Å². The molecule has 0 aromatic heterocycles. The summed E-state index contributed by atoms with van der Waals surface area (Å²) in [4.78, 5) is 28.8. The second-order valence-corrected chi connectivity index (χ2v) is 7.09. The first-order valence-corrected chi connectivity index (χ1v) is 9.73. The number of hydrogen-bond donors (Lipinski definition) is 3. The van der Waals surface area contributed by atoms with E-state index in [1.165, 1.54) is 43.4 Å². The molecule has 3 N–H and O–H groups in total. The summed E-state index contributed by atoms with van der Waals surface area (Å²) >= 11 is 0. The molecule has 1 unspecified atom stereocenters. The first-order chi connectivity index (χ1) is 12.1. The Labute approximate surface area is 151 Å². The van der Waals surface area contributed by atoms with Crippen molar-refractivity contribution in [1.82, 2.24) is 20.9 Å². The summed E-state index contributed by atoms with van der Waals surface area (Å²) in [5.41, 5.74) is 0. The van der Waals surface area contributed by atoms with Crippen LogP contribution in [-0.2, 0) is 4.79 Å². The van der Waals surface area contributed by atoms with Crippen LogP contribution in [0.15, 0.2) is 4.99 Å². The van der Waals surface area contributed by atoms with Gasteiger partial charge in [-0.1, -0.05) is 32.1 Å². The Bertz CT molecular complexity index is 458. The number of hydrogen-bond acceptors (Lipinski definition) is 3. The van der Waals surface area contributed by atoms with E-state index < -0.39 is 0 Å². The molecule has 1 aliphatic carbocycles. The lowest BCUT2D eigenvalue weighted by Gasteiger charge is -2.24. The van der Waals surface area contributed by atoms with Crippen LogP contribution in [0, 0.1) is 5.92 Å². The summed E-state index contributed by atoms with van der Waals surface area (Å²) < 4.78 is 0. The fraction of sp³-hybridized carbons (Fsp3) is 0.833. The molecule has 0 aromatic rings. The van der Waals surface area contributed by atoms with Gasteiger partial charge in [-0.3, -0.25) is 14.7 Å². The molecule has 1 saturated heterocycles. The van der Waals surface area contributed by atoms with Crippen molar-refractivity contribution in [1.29, 1.82) is 0 Å². The normalized spacial score (nSPS) is 20.6. The molecule has 2 fully saturated rings. The molecule has 1 saturated carbocycles. The highest BCUT2D eigenvalue weighted by molar-refractivity contribution is 6.01. The number of imide groups is 1. The standard InChI is InChI=1S/C18H33N5O2/c1-3-19-17(20-11-12-23-16(24)13-21-18(23)25)22-14(2)9-10-15-7-5-4-6-8-15/h14-15H,3-13H2,1-2H3,(H,21,25)(H2,19,20,22). The van der Waals surface area contributed by atoms with Gasteiger partial charge in [0.05, 0.1) is 19.6 Å². The molecule has 7 nitrogen and oxygen atoms in total. The number of urea groups is 1. The predicted octanol–water partition coefficient (Wildman–Crippen LogP) is 1.84. The number of guanidine groups is 1. The molecule has 2 aliphatic rings. The Hall–Kier alpha value is -1.79. The number of aliphatic imine (C=N–C) groups is 1. The van der Waals surface area contributed by atoms with Gasteiger partial charge < -0.3 is 16.0 Å². The van der Waals surface area contributed by atoms with Gasteiger partial charge in [0.25, 0.3) is 0 Å². The van der Waals surface area contributed by atoms with E-state index in [0.29, 0.717) is 19.1 Å². The van der Waals surface area contributed by atoms with Crippen molar-refractivity contribution in [3.63, 3.8) is 0 Å². The summed E-state index contributed by atoms with van der Waals surface area (Å²) in [6, 6.07) is 0.0375. The van der Waals surface area contributed by atoms with Crippen molar-refractivity contribution in [2.75, 3.05) is 26.2 Å². The largest absolute Gasteiger partial charge is 0.357 e. The van der Waals surface area contributed by atoms with Crippen molar-refractivity contribution in [3.8, 4) is 0 Å². The maximum Gasteiger partial charge on any atom is 0.324 e. The van der Waals surface area contributed by atoms with E-state index in [1.807, 2.05) is 6.92 Å². The van der Waals surface area contributed by atoms with E-state index in [0.717, 1.165) is 24.8 Å². The van der Waals surface area contributed by atoms with Crippen molar-refractivity contribution < 1.29 is 9.59 Å². The van der Waals surface area contributed by atoms with Gasteiger partial charge in [-0.05, 0) is 32.6 Å². The Morgan fingerprint density at radius 3 is 2.72 bits per heavy atom. The van der Waals surface area contributed by atoms with Gasteiger partial charge in [-0.2, -0.15) is 0 Å². The molecule has 0 spiro atoms. The Kier molecular flexibility index (Phi) is 8.01. The monoisotopic (exact) mass is 351 g/mol. The fourth-order valence-corrected chi connectivity index (χ4v) is 3.53.